The molecule has 4 aromatic rings. The number of aromatic amines is 1. The first-order valence-corrected chi connectivity index (χ1v) is 9.13. The number of rotatable bonds is 8. The summed E-state index contributed by atoms with van der Waals surface area (Å²) in [6.07, 6.45) is 6.28. The molecule has 3 heterocycles. The van der Waals surface area contributed by atoms with Crippen molar-refractivity contribution in [3.05, 3.63) is 95.8 Å². The lowest BCUT2D eigenvalue weighted by Crippen LogP contribution is -2.06. The fourth-order valence-electron chi connectivity index (χ4n) is 2.86. The third-order valence-corrected chi connectivity index (χ3v) is 4.35. The van der Waals surface area contributed by atoms with E-state index < -0.39 is 5.78 Å². The molecule has 30 heavy (non-hydrogen) atoms. The lowest BCUT2D eigenvalue weighted by Gasteiger charge is -2.10. The van der Waals surface area contributed by atoms with E-state index >= 15 is 0 Å². The van der Waals surface area contributed by atoms with Crippen LogP contribution in [-0.4, -0.2) is 41.1 Å². The van der Waals surface area contributed by atoms with Crippen LogP contribution in [0.25, 0.3) is 5.76 Å². The number of aliphatic hydroxyl groups is 1. The molecule has 0 radical (unpaired) electrons. The fraction of sp³-hybridized carbons (Fsp3) is 0.0952. The Morgan fingerprint density at radius 1 is 1.17 bits per heavy atom. The van der Waals surface area contributed by atoms with Crippen molar-refractivity contribution in [2.45, 2.75) is 13.2 Å². The van der Waals surface area contributed by atoms with E-state index in [1.54, 1.807) is 24.7 Å². The normalized spacial score (nSPS) is 11.4. The first-order valence-electron chi connectivity index (χ1n) is 9.13. The lowest BCUT2D eigenvalue weighted by molar-refractivity contribution is 0.103. The molecule has 150 valence electrons. The molecule has 0 aliphatic heterocycles. The van der Waals surface area contributed by atoms with E-state index in [1.165, 1.54) is 0 Å². The minimum Gasteiger partial charge on any atom is -0.507 e. The second-order valence-corrected chi connectivity index (χ2v) is 6.43. The van der Waals surface area contributed by atoms with Crippen molar-refractivity contribution in [2.75, 3.05) is 0 Å². The minimum atomic E-state index is -0.551. The number of carbonyl (C=O) groups is 1. The number of carbonyl (C=O) groups excluding carboxylic acids is 1. The Balaban J connectivity index is 1.60. The van der Waals surface area contributed by atoms with Crippen molar-refractivity contribution in [3.63, 3.8) is 0 Å². The summed E-state index contributed by atoms with van der Waals surface area (Å²) in [4.78, 5) is 16.2. The highest BCUT2D eigenvalue weighted by molar-refractivity contribution is 6.05. The molecule has 9 heteroatoms. The average Bonchev–Trinajstić information content (AvgIpc) is 3.44. The van der Waals surface area contributed by atoms with E-state index in [9.17, 15) is 9.90 Å². The van der Waals surface area contributed by atoms with E-state index in [0.717, 1.165) is 23.1 Å². The number of benzene rings is 1. The number of para-hydroxylation sites is 1. The summed E-state index contributed by atoms with van der Waals surface area (Å²) in [5.74, 6) is -0.127. The Kier molecular flexibility index (Phi) is 5.61. The number of aliphatic hydroxyl groups excluding tert-OH is 1. The molecule has 3 aromatic heterocycles. The molecule has 1 aromatic carbocycles. The Morgan fingerprint density at radius 2 is 1.97 bits per heavy atom. The van der Waals surface area contributed by atoms with Crippen LogP contribution in [0.2, 0.25) is 0 Å². The molecule has 0 saturated carbocycles. The number of hydrogen-bond acceptors (Lipinski definition) is 7. The van der Waals surface area contributed by atoms with Crippen LogP contribution in [0.4, 0.5) is 0 Å². The molecule has 0 unspecified atom stereocenters. The number of ketones is 1. The number of nitrogens with zero attached hydrogens (tertiary/aromatic N) is 5. The highest BCUT2D eigenvalue weighted by atomic mass is 16.5. The van der Waals surface area contributed by atoms with Gasteiger partial charge in [0.15, 0.2) is 0 Å². The highest BCUT2D eigenvalue weighted by Crippen LogP contribution is 2.20. The first-order chi connectivity index (χ1) is 14.7. The van der Waals surface area contributed by atoms with Gasteiger partial charge in [0.05, 0.1) is 5.69 Å². The predicted molar refractivity (Wildman–Crippen MR) is 108 cm³/mol. The number of H-pyrrole nitrogens is 1. The third-order valence-electron chi connectivity index (χ3n) is 4.35. The van der Waals surface area contributed by atoms with Gasteiger partial charge in [0.2, 0.25) is 11.6 Å². The zero-order chi connectivity index (χ0) is 20.8. The molecule has 0 bridgehead atoms. The van der Waals surface area contributed by atoms with Gasteiger partial charge in [-0.05, 0) is 41.1 Å². The van der Waals surface area contributed by atoms with Crippen molar-refractivity contribution < 1.29 is 14.6 Å². The number of allylic oxidation sites excluding steroid dienone is 1. The van der Waals surface area contributed by atoms with Gasteiger partial charge < -0.3 is 14.4 Å². The van der Waals surface area contributed by atoms with Crippen LogP contribution in [-0.2, 0) is 13.2 Å². The number of hydrogen-bond donors (Lipinski definition) is 2. The second-order valence-electron chi connectivity index (χ2n) is 6.43. The summed E-state index contributed by atoms with van der Waals surface area (Å²) in [7, 11) is 0. The van der Waals surface area contributed by atoms with Gasteiger partial charge in [0, 0.05) is 36.8 Å². The monoisotopic (exact) mass is 402 g/mol. The summed E-state index contributed by atoms with van der Waals surface area (Å²) in [5, 5.41) is 23.3. The smallest absolute Gasteiger partial charge is 0.244 e. The fourth-order valence-corrected chi connectivity index (χ4v) is 2.86. The van der Waals surface area contributed by atoms with Crippen LogP contribution in [0.5, 0.6) is 5.75 Å². The predicted octanol–water partition coefficient (Wildman–Crippen LogP) is 2.81. The minimum absolute atomic E-state index is 0.120. The molecule has 4 rings (SSSR count). The van der Waals surface area contributed by atoms with Gasteiger partial charge in [0.1, 0.15) is 18.1 Å². The molecule has 0 atom stereocenters. The van der Waals surface area contributed by atoms with Crippen molar-refractivity contribution in [1.82, 2.24) is 30.2 Å². The number of tetrazole rings is 1. The van der Waals surface area contributed by atoms with Crippen LogP contribution in [0.1, 0.15) is 27.4 Å². The van der Waals surface area contributed by atoms with E-state index in [0.29, 0.717) is 18.7 Å². The summed E-state index contributed by atoms with van der Waals surface area (Å²) in [6.45, 7) is 0.850. The van der Waals surface area contributed by atoms with Gasteiger partial charge in [-0.2, -0.15) is 5.21 Å². The Bertz CT molecular complexity index is 1140. The maximum atomic E-state index is 12.1. The van der Waals surface area contributed by atoms with Crippen molar-refractivity contribution in [3.8, 4) is 5.75 Å². The van der Waals surface area contributed by atoms with Gasteiger partial charge in [0.25, 0.3) is 0 Å². The van der Waals surface area contributed by atoms with Gasteiger partial charge in [-0.25, -0.2) is 0 Å². The van der Waals surface area contributed by atoms with Crippen LogP contribution < -0.4 is 4.74 Å². The number of ether oxygens (including phenoxy) is 1. The number of nitrogens with one attached hydrogen (secondary N) is 1. The third kappa shape index (κ3) is 4.58. The van der Waals surface area contributed by atoms with Crippen LogP contribution >= 0.6 is 0 Å². The van der Waals surface area contributed by atoms with Gasteiger partial charge in [-0.1, -0.05) is 18.2 Å². The van der Waals surface area contributed by atoms with Crippen molar-refractivity contribution >= 4 is 11.5 Å². The highest BCUT2D eigenvalue weighted by Gasteiger charge is 2.14. The molecule has 0 aliphatic carbocycles. The summed E-state index contributed by atoms with van der Waals surface area (Å²) in [6, 6.07) is 15.1. The summed E-state index contributed by atoms with van der Waals surface area (Å²) >= 11 is 0. The summed E-state index contributed by atoms with van der Waals surface area (Å²) in [5.41, 5.74) is 2.35. The quantitative estimate of drug-likeness (QED) is 0.264. The Labute approximate surface area is 171 Å². The van der Waals surface area contributed by atoms with Gasteiger partial charge in [-0.15, -0.1) is 10.2 Å². The van der Waals surface area contributed by atoms with Crippen LogP contribution in [0.3, 0.4) is 0 Å². The van der Waals surface area contributed by atoms with Crippen molar-refractivity contribution in [2.24, 2.45) is 0 Å². The Hall–Kier alpha value is -4.27. The molecule has 0 fully saturated rings. The van der Waals surface area contributed by atoms with Gasteiger partial charge in [-0.3, -0.25) is 9.78 Å². The van der Waals surface area contributed by atoms with E-state index in [2.05, 4.69) is 25.6 Å². The molecular formula is C21H18N6O3. The zero-order valence-electron chi connectivity index (χ0n) is 15.8. The number of aromatic nitrogens is 6. The molecule has 2 N–H and O–H groups in total. The molecular weight excluding hydrogens is 384 g/mol. The van der Waals surface area contributed by atoms with Gasteiger partial charge >= 0.3 is 0 Å². The maximum absolute atomic E-state index is 12.1. The lowest BCUT2D eigenvalue weighted by atomic mass is 10.2. The van der Waals surface area contributed by atoms with E-state index in [4.69, 9.17) is 4.74 Å². The first kappa shape index (κ1) is 19.1. The molecule has 0 amide bonds. The Morgan fingerprint density at radius 3 is 2.70 bits per heavy atom. The largest absolute Gasteiger partial charge is 0.507 e. The van der Waals surface area contributed by atoms with E-state index in [1.807, 2.05) is 47.0 Å². The SMILES string of the molecule is O=C(C=C(O)c1cc(COc2ccccc2)n(Cc2ccncc2)c1)c1nn[nH]n1. The standard InChI is InChI=1S/C21H18N6O3/c28-19(11-20(29)21-23-25-26-24-21)16-10-17(14-30-18-4-2-1-3-5-18)27(13-16)12-15-6-8-22-9-7-15/h1-11,13,28H,12,14H2,(H,23,24,25,26). The average molecular weight is 402 g/mol. The van der Waals surface area contributed by atoms with Crippen LogP contribution in [0, 0.1) is 0 Å². The zero-order valence-corrected chi connectivity index (χ0v) is 15.8. The molecule has 9 nitrogen and oxygen atoms in total. The number of pyridine rings is 1. The topological polar surface area (TPSA) is 119 Å². The van der Waals surface area contributed by atoms with Crippen molar-refractivity contribution in [1.29, 1.82) is 0 Å². The summed E-state index contributed by atoms with van der Waals surface area (Å²) < 4.78 is 7.82. The second kappa shape index (κ2) is 8.82. The maximum Gasteiger partial charge on any atom is 0.244 e. The molecule has 0 spiro atoms. The molecule has 0 aliphatic rings. The van der Waals surface area contributed by atoms with E-state index in [-0.39, 0.29) is 11.6 Å². The molecule has 0 saturated heterocycles. The van der Waals surface area contributed by atoms with Crippen LogP contribution in [0.15, 0.2) is 73.2 Å².